The van der Waals surface area contributed by atoms with Gasteiger partial charge in [0.1, 0.15) is 0 Å². The van der Waals surface area contributed by atoms with Gasteiger partial charge in [-0.25, -0.2) is 13.1 Å². The number of fused-ring (bicyclic) bond motifs is 1. The molecule has 0 aliphatic heterocycles. The fraction of sp³-hybridized carbons (Fsp3) is 0.375. The van der Waals surface area contributed by atoms with E-state index in [1.807, 2.05) is 30.3 Å². The van der Waals surface area contributed by atoms with Crippen molar-refractivity contribution in [2.45, 2.75) is 37.1 Å². The van der Waals surface area contributed by atoms with Gasteiger partial charge in [0.25, 0.3) is 0 Å². The first kappa shape index (κ1) is 13.6. The summed E-state index contributed by atoms with van der Waals surface area (Å²) in [7, 11) is -3.41. The van der Waals surface area contributed by atoms with Gasteiger partial charge in [-0.3, -0.25) is 0 Å². The molecule has 3 nitrogen and oxygen atoms in total. The molecule has 106 valence electrons. The van der Waals surface area contributed by atoms with E-state index in [9.17, 15) is 8.42 Å². The molecule has 0 heterocycles. The lowest BCUT2D eigenvalue weighted by Gasteiger charge is -2.13. The Morgan fingerprint density at radius 1 is 1.05 bits per heavy atom. The molecule has 0 radical (unpaired) electrons. The van der Waals surface area contributed by atoms with Gasteiger partial charge >= 0.3 is 0 Å². The van der Waals surface area contributed by atoms with Crippen molar-refractivity contribution in [3.05, 3.63) is 42.5 Å². The molecule has 1 aliphatic rings. The molecule has 4 heteroatoms. The summed E-state index contributed by atoms with van der Waals surface area (Å²) in [5.74, 6) is 0.610. The first-order chi connectivity index (χ1) is 9.54. The van der Waals surface area contributed by atoms with Crippen LogP contribution in [0.1, 0.15) is 26.2 Å². The molecule has 3 rings (SSSR count). The van der Waals surface area contributed by atoms with E-state index in [0.29, 0.717) is 10.8 Å². The summed E-state index contributed by atoms with van der Waals surface area (Å²) in [6.07, 6.45) is 2.98. The Balaban J connectivity index is 1.88. The summed E-state index contributed by atoms with van der Waals surface area (Å²) < 4.78 is 27.7. The molecule has 1 saturated carbocycles. The Morgan fingerprint density at radius 2 is 1.80 bits per heavy atom. The first-order valence-corrected chi connectivity index (χ1v) is 8.54. The van der Waals surface area contributed by atoms with Gasteiger partial charge in [-0.15, -0.1) is 0 Å². The maximum absolute atomic E-state index is 12.4. The van der Waals surface area contributed by atoms with Gasteiger partial charge in [0.2, 0.25) is 10.0 Å². The van der Waals surface area contributed by atoms with Gasteiger partial charge in [0.05, 0.1) is 4.90 Å². The van der Waals surface area contributed by atoms with E-state index in [2.05, 4.69) is 11.6 Å². The molecular formula is C16H19NO2S. The van der Waals surface area contributed by atoms with Crippen molar-refractivity contribution in [2.24, 2.45) is 5.92 Å². The zero-order valence-electron chi connectivity index (χ0n) is 11.5. The van der Waals surface area contributed by atoms with Crippen LogP contribution in [0.25, 0.3) is 10.8 Å². The predicted molar refractivity (Wildman–Crippen MR) is 81.1 cm³/mol. The minimum Gasteiger partial charge on any atom is -0.208 e. The van der Waals surface area contributed by atoms with Crippen LogP contribution >= 0.6 is 0 Å². The van der Waals surface area contributed by atoms with E-state index in [1.165, 1.54) is 0 Å². The van der Waals surface area contributed by atoms with Crippen LogP contribution in [-0.4, -0.2) is 14.5 Å². The largest absolute Gasteiger partial charge is 0.240 e. The van der Waals surface area contributed by atoms with Crippen LogP contribution in [0.4, 0.5) is 0 Å². The summed E-state index contributed by atoms with van der Waals surface area (Å²) in [6.45, 7) is 2.17. The van der Waals surface area contributed by atoms with E-state index in [1.54, 1.807) is 12.1 Å². The maximum atomic E-state index is 12.4. The van der Waals surface area contributed by atoms with Gasteiger partial charge in [0.15, 0.2) is 0 Å². The van der Waals surface area contributed by atoms with Crippen molar-refractivity contribution < 1.29 is 8.42 Å². The number of sulfonamides is 1. The topological polar surface area (TPSA) is 46.2 Å². The fourth-order valence-electron chi connectivity index (χ4n) is 2.94. The van der Waals surface area contributed by atoms with Gasteiger partial charge < -0.3 is 0 Å². The smallest absolute Gasteiger partial charge is 0.208 e. The van der Waals surface area contributed by atoms with Crippen molar-refractivity contribution in [3.63, 3.8) is 0 Å². The van der Waals surface area contributed by atoms with Crippen molar-refractivity contribution in [3.8, 4) is 0 Å². The van der Waals surface area contributed by atoms with E-state index in [0.717, 1.165) is 30.0 Å². The Morgan fingerprint density at radius 3 is 2.50 bits per heavy atom. The average molecular weight is 289 g/mol. The fourth-order valence-corrected chi connectivity index (χ4v) is 4.25. The summed E-state index contributed by atoms with van der Waals surface area (Å²) >= 11 is 0. The van der Waals surface area contributed by atoms with Crippen LogP contribution < -0.4 is 4.72 Å². The van der Waals surface area contributed by atoms with Gasteiger partial charge in [-0.05, 0) is 48.1 Å². The maximum Gasteiger partial charge on any atom is 0.240 e. The second kappa shape index (κ2) is 5.19. The van der Waals surface area contributed by atoms with Crippen LogP contribution in [-0.2, 0) is 10.0 Å². The Hall–Kier alpha value is -1.39. The molecule has 1 fully saturated rings. The molecule has 1 N–H and O–H groups in total. The highest BCUT2D eigenvalue weighted by atomic mass is 32.2. The lowest BCUT2D eigenvalue weighted by molar-refractivity contribution is 0.538. The molecule has 2 aromatic carbocycles. The molecular weight excluding hydrogens is 270 g/mol. The predicted octanol–water partition coefficient (Wildman–Crippen LogP) is 3.31. The normalized spacial score (nSPS) is 23.2. The highest BCUT2D eigenvalue weighted by Gasteiger charge is 2.26. The van der Waals surface area contributed by atoms with Crippen molar-refractivity contribution in [1.82, 2.24) is 4.72 Å². The molecule has 0 aromatic heterocycles. The highest BCUT2D eigenvalue weighted by molar-refractivity contribution is 7.89. The van der Waals surface area contributed by atoms with Crippen LogP contribution in [0, 0.1) is 5.92 Å². The number of rotatable bonds is 3. The van der Waals surface area contributed by atoms with Crippen molar-refractivity contribution >= 4 is 20.8 Å². The minimum absolute atomic E-state index is 0.0847. The third-order valence-electron chi connectivity index (χ3n) is 4.05. The summed E-state index contributed by atoms with van der Waals surface area (Å²) in [6, 6.07) is 13.2. The third-order valence-corrected chi connectivity index (χ3v) is 5.57. The standard InChI is InChI=1S/C16H19NO2S/c1-12-6-8-15(10-12)17-20(18,19)16-9-7-13-4-2-3-5-14(13)11-16/h2-5,7,9,11-12,15,17H,6,8,10H2,1H3. The Labute approximate surface area is 120 Å². The second-order valence-electron chi connectivity index (χ2n) is 5.75. The molecule has 2 aromatic rings. The monoisotopic (exact) mass is 289 g/mol. The van der Waals surface area contributed by atoms with Crippen LogP contribution in [0.3, 0.4) is 0 Å². The molecule has 2 unspecified atom stereocenters. The zero-order chi connectivity index (χ0) is 14.2. The molecule has 0 amide bonds. The average Bonchev–Trinajstić information content (AvgIpc) is 2.83. The summed E-state index contributed by atoms with van der Waals surface area (Å²) in [5, 5.41) is 2.01. The van der Waals surface area contributed by atoms with Crippen LogP contribution in [0.5, 0.6) is 0 Å². The van der Waals surface area contributed by atoms with Crippen LogP contribution in [0.2, 0.25) is 0 Å². The van der Waals surface area contributed by atoms with E-state index >= 15 is 0 Å². The van der Waals surface area contributed by atoms with Gasteiger partial charge in [0, 0.05) is 6.04 Å². The van der Waals surface area contributed by atoms with Crippen molar-refractivity contribution in [2.75, 3.05) is 0 Å². The lowest BCUT2D eigenvalue weighted by Crippen LogP contribution is -2.32. The van der Waals surface area contributed by atoms with E-state index in [4.69, 9.17) is 0 Å². The van der Waals surface area contributed by atoms with E-state index < -0.39 is 10.0 Å². The summed E-state index contributed by atoms with van der Waals surface area (Å²) in [4.78, 5) is 0.357. The number of benzene rings is 2. The lowest BCUT2D eigenvalue weighted by atomic mass is 10.1. The third kappa shape index (κ3) is 2.72. The Kier molecular flexibility index (Phi) is 3.52. The van der Waals surface area contributed by atoms with Crippen LogP contribution in [0.15, 0.2) is 47.4 Å². The molecule has 0 spiro atoms. The minimum atomic E-state index is -3.41. The first-order valence-electron chi connectivity index (χ1n) is 7.06. The molecule has 1 aliphatic carbocycles. The molecule has 2 atom stereocenters. The molecule has 0 saturated heterocycles. The molecule has 0 bridgehead atoms. The van der Waals surface area contributed by atoms with E-state index in [-0.39, 0.29) is 6.04 Å². The quantitative estimate of drug-likeness (QED) is 0.942. The SMILES string of the molecule is CC1CCC(NS(=O)(=O)c2ccc3ccccc3c2)C1. The number of hydrogen-bond donors (Lipinski definition) is 1. The highest BCUT2D eigenvalue weighted by Crippen LogP contribution is 2.26. The van der Waals surface area contributed by atoms with Gasteiger partial charge in [-0.2, -0.15) is 0 Å². The Bertz CT molecular complexity index is 724. The molecule has 20 heavy (non-hydrogen) atoms. The van der Waals surface area contributed by atoms with Gasteiger partial charge in [-0.1, -0.05) is 37.3 Å². The summed E-state index contributed by atoms with van der Waals surface area (Å²) in [5.41, 5.74) is 0. The van der Waals surface area contributed by atoms with Crippen molar-refractivity contribution in [1.29, 1.82) is 0 Å². The number of hydrogen-bond acceptors (Lipinski definition) is 2. The number of nitrogens with one attached hydrogen (secondary N) is 1. The zero-order valence-corrected chi connectivity index (χ0v) is 12.4. The second-order valence-corrected chi connectivity index (χ2v) is 7.46.